The Bertz CT molecular complexity index is 500. The maximum Gasteiger partial charge on any atom is 0.335 e. The highest BCUT2D eigenvalue weighted by molar-refractivity contribution is 8.02. The van der Waals surface area contributed by atoms with E-state index in [-0.39, 0.29) is 29.9 Å². The average molecular weight is 283 g/mol. The summed E-state index contributed by atoms with van der Waals surface area (Å²) in [5, 5.41) is 9.02. The van der Waals surface area contributed by atoms with Crippen LogP contribution in [-0.4, -0.2) is 44.6 Å². The van der Waals surface area contributed by atoms with Gasteiger partial charge in [0.1, 0.15) is 0 Å². The second-order valence-corrected chi connectivity index (χ2v) is 5.51. The Hall–Kier alpha value is -1.76. The first kappa shape index (κ1) is 13.7. The van der Waals surface area contributed by atoms with E-state index in [4.69, 9.17) is 4.74 Å². The second kappa shape index (κ2) is 4.73. The van der Waals surface area contributed by atoms with Gasteiger partial charge in [-0.15, -0.1) is 18.3 Å². The van der Waals surface area contributed by atoms with Crippen LogP contribution in [0.5, 0.6) is 0 Å². The third kappa shape index (κ3) is 1.94. The molecular formula is C12H13NO5S. The van der Waals surface area contributed by atoms with Gasteiger partial charge in [-0.3, -0.25) is 4.79 Å². The Balaban J connectivity index is 2.46. The second-order valence-electron chi connectivity index (χ2n) is 4.09. The third-order valence-electron chi connectivity index (χ3n) is 3.03. The SMILES string of the molecule is C=CC1(C(=O)OCC)S[C@@H]2CC(=O)N2C=C1C(=O)O. The third-order valence-corrected chi connectivity index (χ3v) is 4.63. The number of hydrogen-bond donors (Lipinski definition) is 1. The molecule has 1 N–H and O–H groups in total. The standard InChI is InChI=1S/C12H13NO5S/c1-3-12(11(17)18-4-2)7(10(15)16)6-13-8(14)5-9(13)19-12/h3,6,9H,1,4-5H2,2H3,(H,15,16)/t9-,12?/m1/s1. The lowest BCUT2D eigenvalue weighted by Crippen LogP contribution is -2.56. The van der Waals surface area contributed by atoms with Crippen LogP contribution in [0.15, 0.2) is 24.4 Å². The number of carboxylic acid groups (broad SMARTS) is 1. The monoisotopic (exact) mass is 283 g/mol. The maximum atomic E-state index is 12.1. The smallest absolute Gasteiger partial charge is 0.335 e. The summed E-state index contributed by atoms with van der Waals surface area (Å²) in [6.07, 6.45) is 2.77. The number of esters is 1. The summed E-state index contributed by atoms with van der Waals surface area (Å²) in [5.74, 6) is -2.08. The van der Waals surface area contributed by atoms with Gasteiger partial charge in [-0.1, -0.05) is 6.08 Å². The zero-order valence-electron chi connectivity index (χ0n) is 10.3. The van der Waals surface area contributed by atoms with Crippen molar-refractivity contribution in [3.05, 3.63) is 24.4 Å². The largest absolute Gasteiger partial charge is 0.478 e. The molecule has 1 unspecified atom stereocenters. The van der Waals surface area contributed by atoms with Crippen LogP contribution in [0, 0.1) is 0 Å². The predicted molar refractivity (Wildman–Crippen MR) is 68.1 cm³/mol. The van der Waals surface area contributed by atoms with Crippen molar-refractivity contribution in [2.45, 2.75) is 23.5 Å². The summed E-state index contributed by atoms with van der Waals surface area (Å²) in [7, 11) is 0. The minimum absolute atomic E-state index is 0.148. The maximum absolute atomic E-state index is 12.1. The van der Waals surface area contributed by atoms with E-state index in [1.165, 1.54) is 17.2 Å². The molecule has 1 saturated heterocycles. The van der Waals surface area contributed by atoms with Crippen molar-refractivity contribution >= 4 is 29.6 Å². The number of thioether (sulfide) groups is 1. The first-order valence-corrected chi connectivity index (χ1v) is 6.59. The topological polar surface area (TPSA) is 83.9 Å². The molecular weight excluding hydrogens is 270 g/mol. The minimum Gasteiger partial charge on any atom is -0.478 e. The van der Waals surface area contributed by atoms with Crippen molar-refractivity contribution in [3.63, 3.8) is 0 Å². The van der Waals surface area contributed by atoms with Crippen LogP contribution in [0.25, 0.3) is 0 Å². The van der Waals surface area contributed by atoms with Crippen molar-refractivity contribution in [1.29, 1.82) is 0 Å². The van der Waals surface area contributed by atoms with Crippen LogP contribution in [0.2, 0.25) is 0 Å². The van der Waals surface area contributed by atoms with Gasteiger partial charge >= 0.3 is 11.9 Å². The van der Waals surface area contributed by atoms with E-state index in [1.807, 2.05) is 0 Å². The molecule has 2 aliphatic rings. The van der Waals surface area contributed by atoms with Crippen LogP contribution in [-0.2, 0) is 19.1 Å². The highest BCUT2D eigenvalue weighted by Gasteiger charge is 2.54. The summed E-state index contributed by atoms with van der Waals surface area (Å²) < 4.78 is 3.50. The summed E-state index contributed by atoms with van der Waals surface area (Å²) in [6.45, 7) is 5.36. The molecule has 0 aromatic rings. The molecule has 0 spiro atoms. The minimum atomic E-state index is -1.45. The first-order chi connectivity index (χ1) is 8.96. The summed E-state index contributed by atoms with van der Waals surface area (Å²) in [4.78, 5) is 36.1. The van der Waals surface area contributed by atoms with Crippen LogP contribution < -0.4 is 0 Å². The molecule has 102 valence electrons. The molecule has 7 heteroatoms. The van der Waals surface area contributed by atoms with E-state index in [1.54, 1.807) is 6.92 Å². The van der Waals surface area contributed by atoms with E-state index >= 15 is 0 Å². The molecule has 0 aromatic heterocycles. The quantitative estimate of drug-likeness (QED) is 0.465. The molecule has 2 aliphatic heterocycles. The molecule has 0 aromatic carbocycles. The molecule has 0 bridgehead atoms. The lowest BCUT2D eigenvalue weighted by atomic mass is 9.97. The molecule has 1 amide bonds. The summed E-state index contributed by atoms with van der Waals surface area (Å²) in [5.41, 5.74) is -0.199. The average Bonchev–Trinajstić information content (AvgIpc) is 2.36. The fourth-order valence-corrected chi connectivity index (χ4v) is 3.49. The number of β-lactam (4-membered cyclic amide) rings is 1. The van der Waals surface area contributed by atoms with Crippen molar-refractivity contribution in [3.8, 4) is 0 Å². The highest BCUT2D eigenvalue weighted by Crippen LogP contribution is 2.48. The van der Waals surface area contributed by atoms with Crippen LogP contribution >= 0.6 is 11.8 Å². The Kier molecular flexibility index (Phi) is 3.40. The van der Waals surface area contributed by atoms with Crippen molar-refractivity contribution in [2.24, 2.45) is 0 Å². The fourth-order valence-electron chi connectivity index (χ4n) is 2.02. The van der Waals surface area contributed by atoms with Crippen molar-refractivity contribution in [1.82, 2.24) is 4.90 Å². The molecule has 0 aliphatic carbocycles. The molecule has 1 fully saturated rings. The van der Waals surface area contributed by atoms with Gasteiger partial charge in [-0.25, -0.2) is 9.59 Å². The number of aliphatic carboxylic acids is 1. The number of rotatable bonds is 4. The van der Waals surface area contributed by atoms with Gasteiger partial charge in [0.25, 0.3) is 0 Å². The lowest BCUT2D eigenvalue weighted by molar-refractivity contribution is -0.147. The summed E-state index contributed by atoms with van der Waals surface area (Å²) in [6, 6.07) is 0. The molecule has 2 rings (SSSR count). The van der Waals surface area contributed by atoms with Gasteiger partial charge in [-0.2, -0.15) is 0 Å². The van der Waals surface area contributed by atoms with Crippen LogP contribution in [0.1, 0.15) is 13.3 Å². The van der Waals surface area contributed by atoms with E-state index in [0.29, 0.717) is 0 Å². The number of amides is 1. The van der Waals surface area contributed by atoms with Crippen LogP contribution in [0.3, 0.4) is 0 Å². The number of ether oxygens (including phenoxy) is 1. The van der Waals surface area contributed by atoms with Gasteiger partial charge in [0, 0.05) is 6.20 Å². The van der Waals surface area contributed by atoms with Crippen molar-refractivity contribution < 1.29 is 24.2 Å². The fraction of sp³-hybridized carbons (Fsp3) is 0.417. The zero-order valence-corrected chi connectivity index (χ0v) is 11.1. The Morgan fingerprint density at radius 2 is 2.42 bits per heavy atom. The normalized spacial score (nSPS) is 28.9. The van der Waals surface area contributed by atoms with Gasteiger partial charge < -0.3 is 14.7 Å². The van der Waals surface area contributed by atoms with Gasteiger partial charge in [-0.05, 0) is 6.92 Å². The number of nitrogens with zero attached hydrogens (tertiary/aromatic N) is 1. The Morgan fingerprint density at radius 3 is 2.89 bits per heavy atom. The Morgan fingerprint density at radius 1 is 1.74 bits per heavy atom. The molecule has 0 saturated carbocycles. The van der Waals surface area contributed by atoms with Crippen LogP contribution in [0.4, 0.5) is 0 Å². The number of carbonyl (C=O) groups excluding carboxylic acids is 2. The molecule has 19 heavy (non-hydrogen) atoms. The van der Waals surface area contributed by atoms with E-state index < -0.39 is 16.7 Å². The van der Waals surface area contributed by atoms with E-state index in [9.17, 15) is 19.5 Å². The zero-order chi connectivity index (χ0) is 14.2. The first-order valence-electron chi connectivity index (χ1n) is 5.71. The van der Waals surface area contributed by atoms with Gasteiger partial charge in [0.2, 0.25) is 5.91 Å². The highest BCUT2D eigenvalue weighted by atomic mass is 32.2. The number of carbonyl (C=O) groups is 3. The summed E-state index contributed by atoms with van der Waals surface area (Å²) >= 11 is 1.08. The lowest BCUT2D eigenvalue weighted by Gasteiger charge is -2.46. The van der Waals surface area contributed by atoms with E-state index in [0.717, 1.165) is 11.8 Å². The van der Waals surface area contributed by atoms with Gasteiger partial charge in [0.15, 0.2) is 4.75 Å². The van der Waals surface area contributed by atoms with E-state index in [2.05, 4.69) is 6.58 Å². The number of carboxylic acids is 1. The molecule has 0 radical (unpaired) electrons. The number of fused-ring (bicyclic) bond motifs is 1. The Labute approximate surface area is 114 Å². The van der Waals surface area contributed by atoms with Crippen molar-refractivity contribution in [2.75, 3.05) is 6.61 Å². The molecule has 2 heterocycles. The predicted octanol–water partition coefficient (Wildman–Crippen LogP) is 0.748. The molecule has 6 nitrogen and oxygen atoms in total. The molecule has 2 atom stereocenters. The van der Waals surface area contributed by atoms with Gasteiger partial charge in [0.05, 0.1) is 24.0 Å². The number of hydrogen-bond acceptors (Lipinski definition) is 5.